The normalized spacial score (nSPS) is 17.0. The fourth-order valence-electron chi connectivity index (χ4n) is 3.55. The molecule has 3 heterocycles. The van der Waals surface area contributed by atoms with Gasteiger partial charge in [0.05, 0.1) is 32.6 Å². The molecule has 1 fully saturated rings. The summed E-state index contributed by atoms with van der Waals surface area (Å²) in [4.78, 5) is 25.6. The lowest BCUT2D eigenvalue weighted by Gasteiger charge is -2.32. The van der Waals surface area contributed by atoms with Crippen molar-refractivity contribution in [1.82, 2.24) is 10.6 Å². The highest BCUT2D eigenvalue weighted by atomic mass is 16.7. The average Bonchev–Trinajstić information content (AvgIpc) is 3.44. The summed E-state index contributed by atoms with van der Waals surface area (Å²) in [6, 6.07) is 9.22. The summed E-state index contributed by atoms with van der Waals surface area (Å²) < 4.78 is 21.5. The van der Waals surface area contributed by atoms with E-state index in [1.807, 2.05) is 18.2 Å². The molecule has 0 saturated carbocycles. The number of fused-ring (bicyclic) bond motifs is 1. The number of rotatable bonds is 6. The van der Waals surface area contributed by atoms with Crippen LogP contribution in [0.1, 0.15) is 17.4 Å². The molecule has 9 heteroatoms. The second-order valence-electron chi connectivity index (χ2n) is 6.91. The van der Waals surface area contributed by atoms with Crippen LogP contribution in [0.15, 0.2) is 41.0 Å². The smallest absolute Gasteiger partial charge is 0.309 e. The fraction of sp³-hybridized carbons (Fsp3) is 0.400. The number of ether oxygens (including phenoxy) is 3. The quantitative estimate of drug-likeness (QED) is 0.558. The summed E-state index contributed by atoms with van der Waals surface area (Å²) in [6.45, 7) is 3.66. The number of carbonyl (C=O) groups is 2. The van der Waals surface area contributed by atoms with Crippen molar-refractivity contribution in [3.63, 3.8) is 0 Å². The molecule has 1 aromatic carbocycles. The van der Waals surface area contributed by atoms with Crippen LogP contribution in [0.3, 0.4) is 0 Å². The summed E-state index contributed by atoms with van der Waals surface area (Å²) in [7, 11) is 0. The lowest BCUT2D eigenvalue weighted by molar-refractivity contribution is -0.937. The van der Waals surface area contributed by atoms with Crippen LogP contribution in [-0.2, 0) is 20.9 Å². The molecule has 0 aliphatic carbocycles. The van der Waals surface area contributed by atoms with Gasteiger partial charge in [-0.2, -0.15) is 0 Å². The van der Waals surface area contributed by atoms with Crippen molar-refractivity contribution in [3.8, 4) is 11.5 Å². The maximum Gasteiger partial charge on any atom is 0.309 e. The molecular formula is C20H24N3O6+. The van der Waals surface area contributed by atoms with E-state index in [1.165, 1.54) is 11.2 Å². The van der Waals surface area contributed by atoms with E-state index in [-0.39, 0.29) is 19.4 Å². The zero-order chi connectivity index (χ0) is 20.1. The number of nitrogens with one attached hydrogen (secondary N) is 3. The van der Waals surface area contributed by atoms with Crippen molar-refractivity contribution in [3.05, 3.63) is 47.9 Å². The Labute approximate surface area is 167 Å². The summed E-state index contributed by atoms with van der Waals surface area (Å²) >= 11 is 0. The number of hydrogen-bond donors (Lipinski definition) is 3. The highest BCUT2D eigenvalue weighted by molar-refractivity contribution is 6.35. The van der Waals surface area contributed by atoms with Gasteiger partial charge in [0, 0.05) is 5.56 Å². The Hall–Kier alpha value is -3.04. The first-order valence-electron chi connectivity index (χ1n) is 9.61. The van der Waals surface area contributed by atoms with Gasteiger partial charge in [-0.1, -0.05) is 0 Å². The first-order chi connectivity index (χ1) is 14.2. The van der Waals surface area contributed by atoms with Crippen LogP contribution in [0.2, 0.25) is 0 Å². The standard InChI is InChI=1S/C20H23N3O6/c24-19(21-11-15-2-1-7-27-15)20(25)22-12-16(23-5-8-26-9-6-23)14-3-4-17-18(10-14)29-13-28-17/h1-4,7,10,16H,5-6,8-9,11-13H2,(H,21,24)(H,22,25)/p+1/t16-/m0/s1. The maximum absolute atomic E-state index is 12.3. The summed E-state index contributed by atoms with van der Waals surface area (Å²) in [5.41, 5.74) is 1.02. The topological polar surface area (TPSA) is 103 Å². The molecule has 0 unspecified atom stereocenters. The molecule has 4 rings (SSSR count). The number of hydrogen-bond acceptors (Lipinski definition) is 6. The second-order valence-corrected chi connectivity index (χ2v) is 6.91. The monoisotopic (exact) mass is 402 g/mol. The van der Waals surface area contributed by atoms with Crippen LogP contribution >= 0.6 is 0 Å². The Morgan fingerprint density at radius 3 is 2.62 bits per heavy atom. The SMILES string of the molecule is O=C(NCc1ccco1)C(=O)NC[C@@H](c1ccc2c(c1)OCO2)[NH+]1CCOCC1. The van der Waals surface area contributed by atoms with Crippen molar-refractivity contribution in [2.24, 2.45) is 0 Å². The van der Waals surface area contributed by atoms with Crippen LogP contribution in [0.4, 0.5) is 0 Å². The molecule has 2 aliphatic heterocycles. The third-order valence-corrected chi connectivity index (χ3v) is 5.10. The van der Waals surface area contributed by atoms with E-state index in [9.17, 15) is 9.59 Å². The number of carbonyl (C=O) groups excluding carboxylic acids is 2. The Bertz CT molecular complexity index is 848. The molecule has 0 bridgehead atoms. The largest absolute Gasteiger partial charge is 0.467 e. The Morgan fingerprint density at radius 1 is 1.03 bits per heavy atom. The molecule has 1 saturated heterocycles. The summed E-state index contributed by atoms with van der Waals surface area (Å²) in [5, 5.41) is 5.31. The molecule has 29 heavy (non-hydrogen) atoms. The number of benzene rings is 1. The molecule has 154 valence electrons. The molecule has 1 atom stereocenters. The summed E-state index contributed by atoms with van der Waals surface area (Å²) in [5.74, 6) is 0.633. The van der Waals surface area contributed by atoms with E-state index >= 15 is 0 Å². The molecule has 1 aromatic heterocycles. The minimum absolute atomic E-state index is 0.0322. The Kier molecular flexibility index (Phi) is 5.97. The molecule has 3 N–H and O–H groups in total. The second kappa shape index (κ2) is 8.97. The van der Waals surface area contributed by atoms with E-state index in [0.29, 0.717) is 37.0 Å². The van der Waals surface area contributed by atoms with Gasteiger partial charge in [0.1, 0.15) is 24.9 Å². The van der Waals surface area contributed by atoms with Gasteiger partial charge >= 0.3 is 11.8 Å². The zero-order valence-electron chi connectivity index (χ0n) is 15.9. The lowest BCUT2D eigenvalue weighted by atomic mass is 10.0. The van der Waals surface area contributed by atoms with Crippen molar-refractivity contribution >= 4 is 11.8 Å². The maximum atomic E-state index is 12.3. The molecule has 0 radical (unpaired) electrons. The Balaban J connectivity index is 1.40. The van der Waals surface area contributed by atoms with Gasteiger partial charge < -0.3 is 34.2 Å². The fourth-order valence-corrected chi connectivity index (χ4v) is 3.55. The van der Waals surface area contributed by atoms with Gasteiger partial charge in [0.15, 0.2) is 11.5 Å². The lowest BCUT2D eigenvalue weighted by Crippen LogP contribution is -3.15. The van der Waals surface area contributed by atoms with Gasteiger partial charge in [0.2, 0.25) is 6.79 Å². The van der Waals surface area contributed by atoms with Crippen molar-refractivity contribution in [1.29, 1.82) is 0 Å². The highest BCUT2D eigenvalue weighted by Crippen LogP contribution is 2.33. The minimum atomic E-state index is -0.692. The number of furan rings is 1. The molecule has 2 aromatic rings. The number of amides is 2. The average molecular weight is 402 g/mol. The van der Waals surface area contributed by atoms with Gasteiger partial charge in [-0.25, -0.2) is 0 Å². The molecule has 2 aliphatic rings. The molecular weight excluding hydrogens is 378 g/mol. The first kappa shape index (κ1) is 19.3. The molecule has 2 amide bonds. The highest BCUT2D eigenvalue weighted by Gasteiger charge is 2.29. The number of morpholine rings is 1. The van der Waals surface area contributed by atoms with Crippen molar-refractivity contribution in [2.75, 3.05) is 39.6 Å². The van der Waals surface area contributed by atoms with Gasteiger partial charge in [-0.05, 0) is 30.3 Å². The van der Waals surface area contributed by atoms with Crippen LogP contribution in [0.5, 0.6) is 11.5 Å². The van der Waals surface area contributed by atoms with Crippen LogP contribution in [0.25, 0.3) is 0 Å². The van der Waals surface area contributed by atoms with Gasteiger partial charge in [0.25, 0.3) is 0 Å². The van der Waals surface area contributed by atoms with Gasteiger partial charge in [-0.3, -0.25) is 9.59 Å². The van der Waals surface area contributed by atoms with Gasteiger partial charge in [-0.15, -0.1) is 0 Å². The third-order valence-electron chi connectivity index (χ3n) is 5.10. The van der Waals surface area contributed by atoms with E-state index in [0.717, 1.165) is 18.7 Å². The predicted octanol–water partition coefficient (Wildman–Crippen LogP) is -0.603. The first-order valence-corrected chi connectivity index (χ1v) is 9.61. The predicted molar refractivity (Wildman–Crippen MR) is 100 cm³/mol. The minimum Gasteiger partial charge on any atom is -0.467 e. The van der Waals surface area contributed by atoms with E-state index in [1.54, 1.807) is 12.1 Å². The molecule has 9 nitrogen and oxygen atoms in total. The van der Waals surface area contributed by atoms with Crippen LogP contribution in [0, 0.1) is 0 Å². The van der Waals surface area contributed by atoms with E-state index in [4.69, 9.17) is 18.6 Å². The van der Waals surface area contributed by atoms with E-state index < -0.39 is 11.8 Å². The molecule has 0 spiro atoms. The van der Waals surface area contributed by atoms with Crippen LogP contribution in [-0.4, -0.2) is 51.5 Å². The van der Waals surface area contributed by atoms with Crippen LogP contribution < -0.4 is 25.0 Å². The summed E-state index contributed by atoms with van der Waals surface area (Å²) in [6.07, 6.45) is 1.52. The van der Waals surface area contributed by atoms with Crippen molar-refractivity contribution < 1.29 is 33.1 Å². The third kappa shape index (κ3) is 4.69. The zero-order valence-corrected chi connectivity index (χ0v) is 15.9. The number of quaternary nitrogens is 1. The van der Waals surface area contributed by atoms with E-state index in [2.05, 4.69) is 10.6 Å². The Morgan fingerprint density at radius 2 is 1.83 bits per heavy atom. The van der Waals surface area contributed by atoms with Crippen molar-refractivity contribution in [2.45, 2.75) is 12.6 Å².